The summed E-state index contributed by atoms with van der Waals surface area (Å²) < 4.78 is 9.95. The summed E-state index contributed by atoms with van der Waals surface area (Å²) in [5.74, 6) is -3.11. The van der Waals surface area contributed by atoms with E-state index < -0.39 is 36.3 Å². The Morgan fingerprint density at radius 2 is 1.47 bits per heavy atom. The molecular formula is C26H19ClN2O7. The number of ether oxygens (including phenoxy) is 2. The van der Waals surface area contributed by atoms with Crippen molar-refractivity contribution < 1.29 is 33.4 Å². The second-order valence-electron chi connectivity index (χ2n) is 7.58. The molecule has 1 aliphatic rings. The van der Waals surface area contributed by atoms with Crippen LogP contribution in [0.2, 0.25) is 5.02 Å². The molecule has 0 bridgehead atoms. The number of para-hydroxylation sites is 1. The van der Waals surface area contributed by atoms with E-state index in [2.05, 4.69) is 5.32 Å². The minimum atomic E-state index is -0.845. The number of carbonyl (C=O) groups excluding carboxylic acids is 5. The number of hydrogen-bond acceptors (Lipinski definition) is 7. The van der Waals surface area contributed by atoms with Gasteiger partial charge in [0.15, 0.2) is 6.61 Å². The summed E-state index contributed by atoms with van der Waals surface area (Å²) in [6, 6.07) is 16.4. The summed E-state index contributed by atoms with van der Waals surface area (Å²) >= 11 is 6.14. The third-order valence-electron chi connectivity index (χ3n) is 5.23. The number of anilines is 2. The molecule has 4 rings (SSSR count). The zero-order valence-corrected chi connectivity index (χ0v) is 19.7. The number of halogens is 1. The van der Waals surface area contributed by atoms with Crippen molar-refractivity contribution >= 4 is 52.6 Å². The maximum atomic E-state index is 12.9. The van der Waals surface area contributed by atoms with Crippen LogP contribution in [0.3, 0.4) is 0 Å². The second-order valence-corrected chi connectivity index (χ2v) is 7.99. The number of benzene rings is 3. The monoisotopic (exact) mass is 506 g/mol. The lowest BCUT2D eigenvalue weighted by Gasteiger charge is -2.15. The van der Waals surface area contributed by atoms with Crippen molar-refractivity contribution in [1.82, 2.24) is 0 Å². The smallest absolute Gasteiger partial charge is 0.338 e. The number of carbonyl (C=O) groups is 5. The van der Waals surface area contributed by atoms with Gasteiger partial charge >= 0.3 is 11.9 Å². The molecule has 3 amide bonds. The number of imide groups is 1. The molecule has 0 aliphatic carbocycles. The summed E-state index contributed by atoms with van der Waals surface area (Å²) in [5, 5.41) is 2.77. The minimum absolute atomic E-state index is 0.00231. The topological polar surface area (TPSA) is 119 Å². The van der Waals surface area contributed by atoms with Gasteiger partial charge in [-0.25, -0.2) is 14.5 Å². The normalized spacial score (nSPS) is 12.2. The van der Waals surface area contributed by atoms with E-state index in [9.17, 15) is 24.0 Å². The van der Waals surface area contributed by atoms with Gasteiger partial charge in [0.1, 0.15) is 0 Å². The van der Waals surface area contributed by atoms with Crippen molar-refractivity contribution in [3.05, 3.63) is 94.0 Å². The molecule has 0 spiro atoms. The van der Waals surface area contributed by atoms with Crippen LogP contribution >= 0.6 is 11.6 Å². The van der Waals surface area contributed by atoms with Gasteiger partial charge in [0.05, 0.1) is 39.6 Å². The van der Waals surface area contributed by atoms with Crippen molar-refractivity contribution in [3.63, 3.8) is 0 Å². The Balaban J connectivity index is 1.39. The molecule has 0 unspecified atom stereocenters. The number of fused-ring (bicyclic) bond motifs is 1. The van der Waals surface area contributed by atoms with Gasteiger partial charge in [0, 0.05) is 5.69 Å². The van der Waals surface area contributed by atoms with Crippen LogP contribution in [0, 0.1) is 0 Å². The van der Waals surface area contributed by atoms with Gasteiger partial charge in [-0.1, -0.05) is 23.7 Å². The van der Waals surface area contributed by atoms with Crippen LogP contribution in [-0.4, -0.2) is 42.9 Å². The van der Waals surface area contributed by atoms with Gasteiger partial charge in [-0.05, 0) is 61.5 Å². The number of nitrogens with zero attached hydrogens (tertiary/aromatic N) is 1. The fourth-order valence-electron chi connectivity index (χ4n) is 3.54. The Kier molecular flexibility index (Phi) is 7.12. The summed E-state index contributed by atoms with van der Waals surface area (Å²) in [6.45, 7) is 1.36. The SMILES string of the molecule is CCOC(=O)c1ccc(NC(=O)COC(=O)c2ccc3c(c2)C(=O)N(c2ccccc2Cl)C3=O)cc1. The Morgan fingerprint density at radius 1 is 0.833 bits per heavy atom. The van der Waals surface area contributed by atoms with Gasteiger partial charge in [0.2, 0.25) is 0 Å². The Morgan fingerprint density at radius 3 is 2.17 bits per heavy atom. The summed E-state index contributed by atoms with van der Waals surface area (Å²) in [5.41, 5.74) is 1.12. The lowest BCUT2D eigenvalue weighted by molar-refractivity contribution is -0.119. The molecule has 0 fully saturated rings. The molecule has 182 valence electrons. The molecule has 1 N–H and O–H groups in total. The van der Waals surface area contributed by atoms with Gasteiger partial charge in [-0.2, -0.15) is 0 Å². The molecule has 1 heterocycles. The van der Waals surface area contributed by atoms with Crippen LogP contribution in [0.1, 0.15) is 48.4 Å². The highest BCUT2D eigenvalue weighted by Crippen LogP contribution is 2.33. The first-order valence-corrected chi connectivity index (χ1v) is 11.2. The predicted octanol–water partition coefficient (Wildman–Crippen LogP) is 4.11. The average molecular weight is 507 g/mol. The van der Waals surface area contributed by atoms with Gasteiger partial charge < -0.3 is 14.8 Å². The van der Waals surface area contributed by atoms with Crippen LogP contribution in [0.15, 0.2) is 66.7 Å². The number of amides is 3. The first kappa shape index (κ1) is 24.6. The molecule has 3 aromatic carbocycles. The van der Waals surface area contributed by atoms with Crippen LogP contribution < -0.4 is 10.2 Å². The Bertz CT molecular complexity index is 1390. The molecule has 3 aromatic rings. The molecule has 10 heteroatoms. The van der Waals surface area contributed by atoms with E-state index in [-0.39, 0.29) is 34.0 Å². The molecule has 36 heavy (non-hydrogen) atoms. The van der Waals surface area contributed by atoms with Crippen LogP contribution in [0.25, 0.3) is 0 Å². The van der Waals surface area contributed by atoms with Crippen LogP contribution in [0.5, 0.6) is 0 Å². The van der Waals surface area contributed by atoms with E-state index in [1.54, 1.807) is 31.2 Å². The van der Waals surface area contributed by atoms with Crippen molar-refractivity contribution in [2.45, 2.75) is 6.92 Å². The summed E-state index contributed by atoms with van der Waals surface area (Å²) in [6.07, 6.45) is 0. The van der Waals surface area contributed by atoms with E-state index in [0.29, 0.717) is 11.3 Å². The number of nitrogens with one attached hydrogen (secondary N) is 1. The quantitative estimate of drug-likeness (QED) is 0.378. The highest BCUT2D eigenvalue weighted by Gasteiger charge is 2.38. The summed E-state index contributed by atoms with van der Waals surface area (Å²) in [7, 11) is 0. The Labute approximate surface area is 210 Å². The van der Waals surface area contributed by atoms with Crippen molar-refractivity contribution in [2.75, 3.05) is 23.4 Å². The van der Waals surface area contributed by atoms with Crippen molar-refractivity contribution in [2.24, 2.45) is 0 Å². The van der Waals surface area contributed by atoms with Crippen molar-refractivity contribution in [3.8, 4) is 0 Å². The standard InChI is InChI=1S/C26H19ClN2O7/c1-2-35-25(33)15-7-10-17(11-8-15)28-22(30)14-36-26(34)16-9-12-18-19(13-16)24(32)29(23(18)31)21-6-4-3-5-20(21)27/h3-13H,2,14H2,1H3,(H,28,30). The molecule has 0 saturated heterocycles. The number of rotatable bonds is 7. The summed E-state index contributed by atoms with van der Waals surface area (Å²) in [4.78, 5) is 63.0. The highest BCUT2D eigenvalue weighted by molar-refractivity contribution is 6.39. The lowest BCUT2D eigenvalue weighted by atomic mass is 10.1. The Hall–Kier alpha value is -4.50. The van der Waals surface area contributed by atoms with E-state index >= 15 is 0 Å². The second kappa shape index (κ2) is 10.4. The first-order valence-electron chi connectivity index (χ1n) is 10.8. The number of esters is 2. The molecule has 0 aromatic heterocycles. The first-order chi connectivity index (χ1) is 17.3. The van der Waals surface area contributed by atoms with E-state index in [0.717, 1.165) is 4.90 Å². The molecule has 9 nitrogen and oxygen atoms in total. The minimum Gasteiger partial charge on any atom is -0.462 e. The molecular weight excluding hydrogens is 488 g/mol. The molecule has 0 saturated carbocycles. The third kappa shape index (κ3) is 4.96. The zero-order valence-electron chi connectivity index (χ0n) is 18.9. The van der Waals surface area contributed by atoms with Gasteiger partial charge in [-0.15, -0.1) is 0 Å². The molecule has 1 aliphatic heterocycles. The maximum Gasteiger partial charge on any atom is 0.338 e. The highest BCUT2D eigenvalue weighted by atomic mass is 35.5. The maximum absolute atomic E-state index is 12.9. The molecule has 0 radical (unpaired) electrons. The van der Waals surface area contributed by atoms with Gasteiger partial charge in [-0.3, -0.25) is 14.4 Å². The fourth-order valence-corrected chi connectivity index (χ4v) is 3.76. The predicted molar refractivity (Wildman–Crippen MR) is 130 cm³/mol. The van der Waals surface area contributed by atoms with E-state index in [4.69, 9.17) is 21.1 Å². The van der Waals surface area contributed by atoms with E-state index in [1.165, 1.54) is 42.5 Å². The largest absolute Gasteiger partial charge is 0.462 e. The average Bonchev–Trinajstić information content (AvgIpc) is 3.12. The molecule has 0 atom stereocenters. The van der Waals surface area contributed by atoms with Crippen LogP contribution in [0.4, 0.5) is 11.4 Å². The van der Waals surface area contributed by atoms with Crippen LogP contribution in [-0.2, 0) is 14.3 Å². The number of hydrogen-bond donors (Lipinski definition) is 1. The lowest BCUT2D eigenvalue weighted by Crippen LogP contribution is -2.29. The van der Waals surface area contributed by atoms with Crippen molar-refractivity contribution in [1.29, 1.82) is 0 Å². The van der Waals surface area contributed by atoms with Gasteiger partial charge in [0.25, 0.3) is 17.7 Å². The zero-order chi connectivity index (χ0) is 25.8. The fraction of sp³-hybridized carbons (Fsp3) is 0.115. The third-order valence-corrected chi connectivity index (χ3v) is 5.55. The van der Waals surface area contributed by atoms with E-state index in [1.807, 2.05) is 0 Å².